The van der Waals surface area contributed by atoms with Crippen LogP contribution in [0.1, 0.15) is 22.3 Å². The Morgan fingerprint density at radius 1 is 1.14 bits per heavy atom. The highest BCUT2D eigenvalue weighted by Gasteiger charge is 2.14. The van der Waals surface area contributed by atoms with Gasteiger partial charge < -0.3 is 15.5 Å². The normalized spacial score (nSPS) is 10.3. The number of nitrogens with one attached hydrogen (secondary N) is 1. The number of benzene rings is 2. The lowest BCUT2D eigenvalue weighted by Gasteiger charge is -2.09. The molecule has 0 aliphatic carbocycles. The van der Waals surface area contributed by atoms with E-state index in [0.29, 0.717) is 5.69 Å². The number of anilines is 1. The molecule has 0 atom stereocenters. The van der Waals surface area contributed by atoms with E-state index in [-0.39, 0.29) is 11.3 Å². The second-order valence-corrected chi connectivity index (χ2v) is 5.41. The van der Waals surface area contributed by atoms with Crippen LogP contribution in [0.3, 0.4) is 0 Å². The molecule has 2 aromatic rings. The van der Waals surface area contributed by atoms with E-state index < -0.39 is 11.7 Å². The molecule has 3 N–H and O–H groups in total. The summed E-state index contributed by atoms with van der Waals surface area (Å²) in [6, 6.07) is 11.9. The number of carbonyl (C=O) groups is 1. The Kier molecular flexibility index (Phi) is 5.22. The van der Waals surface area contributed by atoms with Crippen molar-refractivity contribution in [2.24, 2.45) is 0 Å². The molecule has 2 aromatic carbocycles. The average molecular weight is 350 g/mol. The van der Waals surface area contributed by atoms with Crippen molar-refractivity contribution in [3.8, 4) is 11.5 Å². The lowest BCUT2D eigenvalue weighted by atomic mass is 10.1. The number of alkyl halides is 1. The monoisotopic (exact) mass is 349 g/mol. The number of aromatic hydroxyl groups is 2. The maximum Gasteiger partial charge on any atom is 0.259 e. The first-order valence-corrected chi connectivity index (χ1v) is 7.71. The summed E-state index contributed by atoms with van der Waals surface area (Å²) in [6.45, 7) is 0. The van der Waals surface area contributed by atoms with E-state index in [1.807, 2.05) is 18.2 Å². The van der Waals surface area contributed by atoms with Gasteiger partial charge in [0.1, 0.15) is 0 Å². The minimum atomic E-state index is -0.457. The third-order valence-electron chi connectivity index (χ3n) is 3.04. The molecule has 4 nitrogen and oxygen atoms in total. The van der Waals surface area contributed by atoms with Gasteiger partial charge in [-0.3, -0.25) is 4.79 Å². The van der Waals surface area contributed by atoms with Crippen molar-refractivity contribution in [2.45, 2.75) is 12.8 Å². The summed E-state index contributed by atoms with van der Waals surface area (Å²) < 4.78 is 0. The summed E-state index contributed by atoms with van der Waals surface area (Å²) in [6.07, 6.45) is 1.94. The van der Waals surface area contributed by atoms with Gasteiger partial charge in [-0.1, -0.05) is 34.1 Å². The van der Waals surface area contributed by atoms with Crippen molar-refractivity contribution >= 4 is 27.5 Å². The molecule has 110 valence electrons. The Morgan fingerprint density at radius 2 is 1.90 bits per heavy atom. The van der Waals surface area contributed by atoms with Gasteiger partial charge in [-0.15, -0.1) is 0 Å². The Balaban J connectivity index is 2.14. The zero-order chi connectivity index (χ0) is 15.2. The molecule has 0 saturated heterocycles. The molecular weight excluding hydrogens is 334 g/mol. The van der Waals surface area contributed by atoms with E-state index in [0.717, 1.165) is 23.7 Å². The molecule has 0 aliphatic heterocycles. The first-order valence-electron chi connectivity index (χ1n) is 6.59. The van der Waals surface area contributed by atoms with Gasteiger partial charge in [-0.2, -0.15) is 0 Å². The van der Waals surface area contributed by atoms with E-state index in [4.69, 9.17) is 0 Å². The second kappa shape index (κ2) is 7.13. The van der Waals surface area contributed by atoms with Crippen molar-refractivity contribution in [3.63, 3.8) is 0 Å². The summed E-state index contributed by atoms with van der Waals surface area (Å²) >= 11 is 3.39. The van der Waals surface area contributed by atoms with Crippen LogP contribution in [-0.2, 0) is 6.42 Å². The topological polar surface area (TPSA) is 69.6 Å². The number of hydrogen-bond acceptors (Lipinski definition) is 3. The number of phenolic OH excluding ortho intramolecular Hbond substituents is 2. The van der Waals surface area contributed by atoms with E-state index in [2.05, 4.69) is 21.2 Å². The fourth-order valence-electron chi connectivity index (χ4n) is 1.99. The first-order chi connectivity index (χ1) is 10.1. The Hall–Kier alpha value is -2.01. The van der Waals surface area contributed by atoms with Gasteiger partial charge in [0, 0.05) is 11.0 Å². The highest BCUT2D eigenvalue weighted by atomic mass is 79.9. The van der Waals surface area contributed by atoms with Gasteiger partial charge in [-0.05, 0) is 42.7 Å². The fraction of sp³-hybridized carbons (Fsp3) is 0.188. The van der Waals surface area contributed by atoms with Crippen molar-refractivity contribution < 1.29 is 15.0 Å². The van der Waals surface area contributed by atoms with Crippen LogP contribution in [0.2, 0.25) is 0 Å². The Morgan fingerprint density at radius 3 is 2.67 bits per heavy atom. The van der Waals surface area contributed by atoms with Crippen LogP contribution in [0, 0.1) is 0 Å². The van der Waals surface area contributed by atoms with Gasteiger partial charge in [0.2, 0.25) is 0 Å². The molecule has 2 rings (SSSR count). The van der Waals surface area contributed by atoms with E-state index in [9.17, 15) is 15.0 Å². The summed E-state index contributed by atoms with van der Waals surface area (Å²) in [5.41, 5.74) is 1.84. The van der Waals surface area contributed by atoms with Crippen molar-refractivity contribution in [2.75, 3.05) is 10.6 Å². The number of para-hydroxylation sites is 1. The van der Waals surface area contributed by atoms with Crippen LogP contribution in [0.4, 0.5) is 5.69 Å². The molecule has 21 heavy (non-hydrogen) atoms. The van der Waals surface area contributed by atoms with Crippen molar-refractivity contribution in [3.05, 3.63) is 53.6 Å². The minimum Gasteiger partial charge on any atom is -0.504 e. The molecule has 0 unspecified atom stereocenters. The number of amides is 1. The molecule has 0 fully saturated rings. The fourth-order valence-corrected chi connectivity index (χ4v) is 2.27. The molecule has 0 heterocycles. The van der Waals surface area contributed by atoms with E-state index >= 15 is 0 Å². The lowest BCUT2D eigenvalue weighted by molar-refractivity contribution is 0.102. The number of carbonyl (C=O) groups excluding carboxylic acids is 1. The molecule has 0 aliphatic rings. The van der Waals surface area contributed by atoms with Crippen molar-refractivity contribution in [1.29, 1.82) is 0 Å². The highest BCUT2D eigenvalue weighted by molar-refractivity contribution is 9.09. The standard InChI is InChI=1S/C16H16BrNO3/c17-9-3-5-11-4-1-6-12(10-11)18-16(21)13-7-2-8-14(19)15(13)20/h1-2,4,6-8,10,19-20H,3,5,9H2,(H,18,21). The maximum atomic E-state index is 12.1. The van der Waals surface area contributed by atoms with E-state index in [1.165, 1.54) is 18.2 Å². The highest BCUT2D eigenvalue weighted by Crippen LogP contribution is 2.28. The summed E-state index contributed by atoms with van der Waals surface area (Å²) in [7, 11) is 0. The van der Waals surface area contributed by atoms with Gasteiger partial charge in [0.05, 0.1) is 5.56 Å². The average Bonchev–Trinajstić information content (AvgIpc) is 2.48. The van der Waals surface area contributed by atoms with Crippen LogP contribution < -0.4 is 5.32 Å². The smallest absolute Gasteiger partial charge is 0.259 e. The number of rotatable bonds is 5. The lowest BCUT2D eigenvalue weighted by Crippen LogP contribution is -2.12. The molecule has 0 radical (unpaired) electrons. The predicted molar refractivity (Wildman–Crippen MR) is 86.3 cm³/mol. The molecule has 5 heteroatoms. The minimum absolute atomic E-state index is 0.0425. The second-order valence-electron chi connectivity index (χ2n) is 4.62. The predicted octanol–water partition coefficient (Wildman–Crippen LogP) is 3.68. The Labute approximate surface area is 131 Å². The van der Waals surface area contributed by atoms with Crippen LogP contribution >= 0.6 is 15.9 Å². The molecule has 0 spiro atoms. The van der Waals surface area contributed by atoms with Crippen LogP contribution in [0.15, 0.2) is 42.5 Å². The van der Waals surface area contributed by atoms with Gasteiger partial charge in [0.25, 0.3) is 5.91 Å². The summed E-state index contributed by atoms with van der Waals surface area (Å²) in [5, 5.41) is 22.8. The van der Waals surface area contributed by atoms with Crippen LogP contribution in [0.5, 0.6) is 11.5 Å². The summed E-state index contributed by atoms with van der Waals surface area (Å²) in [4.78, 5) is 12.1. The third-order valence-corrected chi connectivity index (χ3v) is 3.60. The molecular formula is C16H16BrNO3. The quantitative estimate of drug-likeness (QED) is 0.569. The largest absolute Gasteiger partial charge is 0.504 e. The third kappa shape index (κ3) is 3.98. The zero-order valence-corrected chi connectivity index (χ0v) is 12.9. The van der Waals surface area contributed by atoms with Gasteiger partial charge in [-0.25, -0.2) is 0 Å². The van der Waals surface area contributed by atoms with Crippen LogP contribution in [0.25, 0.3) is 0 Å². The molecule has 0 saturated carbocycles. The molecule has 0 bridgehead atoms. The first kappa shape index (κ1) is 15.4. The Bertz CT molecular complexity index is 643. The van der Waals surface area contributed by atoms with Gasteiger partial charge in [0.15, 0.2) is 11.5 Å². The summed E-state index contributed by atoms with van der Waals surface area (Å²) in [5.74, 6) is -1.18. The SMILES string of the molecule is O=C(Nc1cccc(CCCBr)c1)c1cccc(O)c1O. The zero-order valence-electron chi connectivity index (χ0n) is 11.3. The molecule has 1 amide bonds. The number of hydrogen-bond donors (Lipinski definition) is 3. The maximum absolute atomic E-state index is 12.1. The van der Waals surface area contributed by atoms with Crippen LogP contribution in [-0.4, -0.2) is 21.5 Å². The number of halogens is 1. The van der Waals surface area contributed by atoms with Crippen molar-refractivity contribution in [1.82, 2.24) is 0 Å². The number of aryl methyl sites for hydroxylation is 1. The molecule has 0 aromatic heterocycles. The van der Waals surface area contributed by atoms with Gasteiger partial charge >= 0.3 is 0 Å². The number of phenols is 2. The van der Waals surface area contributed by atoms with E-state index in [1.54, 1.807) is 6.07 Å².